The van der Waals surface area contributed by atoms with Gasteiger partial charge in [0.1, 0.15) is 0 Å². The van der Waals surface area contributed by atoms with Gasteiger partial charge in [-0.15, -0.1) is 0 Å². The summed E-state index contributed by atoms with van der Waals surface area (Å²) in [6, 6.07) is 0. The van der Waals surface area contributed by atoms with Crippen molar-refractivity contribution in [2.24, 2.45) is 11.8 Å². The van der Waals surface area contributed by atoms with Crippen molar-refractivity contribution >= 4 is 0 Å². The highest BCUT2D eigenvalue weighted by Crippen LogP contribution is 2.19. The van der Waals surface area contributed by atoms with Crippen LogP contribution in [-0.2, 0) is 0 Å². The van der Waals surface area contributed by atoms with Crippen LogP contribution in [0, 0.1) is 11.8 Å². The molecular formula is C16H35N. The fourth-order valence-electron chi connectivity index (χ4n) is 2.79. The normalized spacial score (nSPS) is 15.2. The van der Waals surface area contributed by atoms with Gasteiger partial charge in [-0.25, -0.2) is 0 Å². The average Bonchev–Trinajstić information content (AvgIpc) is 2.27. The zero-order chi connectivity index (χ0) is 13.1. The Hall–Kier alpha value is -0.0400. The average molecular weight is 241 g/mol. The SMILES string of the molecule is CCCC(C)CC(C)CCN(CCC)CCC. The third kappa shape index (κ3) is 9.64. The first-order chi connectivity index (χ1) is 8.13. The Morgan fingerprint density at radius 3 is 1.71 bits per heavy atom. The predicted octanol–water partition coefficient (Wildman–Crippen LogP) is 4.96. The van der Waals surface area contributed by atoms with Crippen molar-refractivity contribution < 1.29 is 0 Å². The third-order valence-electron chi connectivity index (χ3n) is 3.60. The zero-order valence-corrected chi connectivity index (χ0v) is 13.0. The summed E-state index contributed by atoms with van der Waals surface area (Å²) in [4.78, 5) is 2.64. The molecule has 0 spiro atoms. The van der Waals surface area contributed by atoms with Crippen LogP contribution in [0.25, 0.3) is 0 Å². The zero-order valence-electron chi connectivity index (χ0n) is 13.0. The van der Waals surface area contributed by atoms with Crippen molar-refractivity contribution in [1.29, 1.82) is 0 Å². The van der Waals surface area contributed by atoms with E-state index in [1.165, 1.54) is 58.2 Å². The molecule has 1 nitrogen and oxygen atoms in total. The molecule has 0 aliphatic heterocycles. The summed E-state index contributed by atoms with van der Waals surface area (Å²) >= 11 is 0. The molecule has 104 valence electrons. The first-order valence-corrected chi connectivity index (χ1v) is 7.86. The van der Waals surface area contributed by atoms with E-state index in [1.807, 2.05) is 0 Å². The van der Waals surface area contributed by atoms with Crippen LogP contribution in [0.2, 0.25) is 0 Å². The van der Waals surface area contributed by atoms with E-state index in [2.05, 4.69) is 39.5 Å². The standard InChI is InChI=1S/C16H35N/c1-6-9-15(4)14-16(5)10-13-17(11-7-2)12-8-3/h15-16H,6-14H2,1-5H3. The van der Waals surface area contributed by atoms with Gasteiger partial charge in [0.2, 0.25) is 0 Å². The van der Waals surface area contributed by atoms with Gasteiger partial charge in [-0.3, -0.25) is 0 Å². The third-order valence-corrected chi connectivity index (χ3v) is 3.60. The summed E-state index contributed by atoms with van der Waals surface area (Å²) in [5.74, 6) is 1.81. The molecule has 0 amide bonds. The van der Waals surface area contributed by atoms with Gasteiger partial charge in [0.15, 0.2) is 0 Å². The van der Waals surface area contributed by atoms with E-state index in [4.69, 9.17) is 0 Å². The molecule has 17 heavy (non-hydrogen) atoms. The van der Waals surface area contributed by atoms with E-state index in [0.29, 0.717) is 0 Å². The molecule has 0 N–H and O–H groups in total. The van der Waals surface area contributed by atoms with Gasteiger partial charge >= 0.3 is 0 Å². The highest BCUT2D eigenvalue weighted by Gasteiger charge is 2.10. The maximum Gasteiger partial charge on any atom is -0.00162 e. The fraction of sp³-hybridized carbons (Fsp3) is 1.00. The molecule has 0 heterocycles. The highest BCUT2D eigenvalue weighted by molar-refractivity contribution is 4.63. The van der Waals surface area contributed by atoms with Gasteiger partial charge < -0.3 is 4.90 Å². The smallest absolute Gasteiger partial charge is 0.00162 e. The summed E-state index contributed by atoms with van der Waals surface area (Å²) in [5.41, 5.74) is 0. The molecule has 0 aromatic rings. The van der Waals surface area contributed by atoms with Crippen LogP contribution in [-0.4, -0.2) is 24.5 Å². The maximum atomic E-state index is 2.64. The second kappa shape index (κ2) is 11.1. The van der Waals surface area contributed by atoms with Gasteiger partial charge in [-0.2, -0.15) is 0 Å². The minimum absolute atomic E-state index is 0.896. The van der Waals surface area contributed by atoms with Gasteiger partial charge in [0, 0.05) is 0 Å². The van der Waals surface area contributed by atoms with Crippen LogP contribution < -0.4 is 0 Å². The largest absolute Gasteiger partial charge is 0.303 e. The van der Waals surface area contributed by atoms with Gasteiger partial charge in [-0.1, -0.05) is 47.5 Å². The molecule has 0 aromatic carbocycles. The molecule has 0 saturated heterocycles. The summed E-state index contributed by atoms with van der Waals surface area (Å²) < 4.78 is 0. The lowest BCUT2D eigenvalue weighted by atomic mass is 9.91. The highest BCUT2D eigenvalue weighted by atomic mass is 15.1. The minimum atomic E-state index is 0.896. The molecule has 1 heteroatoms. The van der Waals surface area contributed by atoms with E-state index in [1.54, 1.807) is 0 Å². The second-order valence-corrected chi connectivity index (χ2v) is 5.87. The van der Waals surface area contributed by atoms with Crippen LogP contribution in [0.4, 0.5) is 0 Å². The lowest BCUT2D eigenvalue weighted by Gasteiger charge is -2.24. The molecule has 2 unspecified atom stereocenters. The molecule has 0 bridgehead atoms. The van der Waals surface area contributed by atoms with Gasteiger partial charge in [-0.05, 0) is 57.2 Å². The van der Waals surface area contributed by atoms with E-state index in [-0.39, 0.29) is 0 Å². The van der Waals surface area contributed by atoms with E-state index in [9.17, 15) is 0 Å². The molecule has 0 aliphatic carbocycles. The topological polar surface area (TPSA) is 3.24 Å². The first-order valence-electron chi connectivity index (χ1n) is 7.86. The van der Waals surface area contributed by atoms with Crippen LogP contribution >= 0.6 is 0 Å². The molecule has 0 fully saturated rings. The Kier molecular flexibility index (Phi) is 11.0. The van der Waals surface area contributed by atoms with Gasteiger partial charge in [0.05, 0.1) is 0 Å². The Labute approximate surface area is 110 Å². The maximum absolute atomic E-state index is 2.64. The lowest BCUT2D eigenvalue weighted by Crippen LogP contribution is -2.27. The summed E-state index contributed by atoms with van der Waals surface area (Å²) in [6.07, 6.45) is 8.12. The van der Waals surface area contributed by atoms with Crippen LogP contribution in [0.5, 0.6) is 0 Å². The van der Waals surface area contributed by atoms with E-state index in [0.717, 1.165) is 11.8 Å². The first kappa shape index (κ1) is 17.0. The van der Waals surface area contributed by atoms with Crippen molar-refractivity contribution in [3.8, 4) is 0 Å². The number of hydrogen-bond acceptors (Lipinski definition) is 1. The second-order valence-electron chi connectivity index (χ2n) is 5.87. The fourth-order valence-corrected chi connectivity index (χ4v) is 2.79. The monoisotopic (exact) mass is 241 g/mol. The van der Waals surface area contributed by atoms with Crippen molar-refractivity contribution in [3.63, 3.8) is 0 Å². The molecule has 2 atom stereocenters. The minimum Gasteiger partial charge on any atom is -0.303 e. The van der Waals surface area contributed by atoms with Crippen LogP contribution in [0.15, 0.2) is 0 Å². The molecule has 0 aliphatic rings. The Morgan fingerprint density at radius 2 is 1.24 bits per heavy atom. The molecule has 0 rings (SSSR count). The van der Waals surface area contributed by atoms with Crippen molar-refractivity contribution in [2.45, 2.75) is 73.1 Å². The Bertz CT molecular complexity index is 150. The van der Waals surface area contributed by atoms with Crippen molar-refractivity contribution in [1.82, 2.24) is 4.90 Å². The number of rotatable bonds is 11. The van der Waals surface area contributed by atoms with Crippen molar-refractivity contribution in [3.05, 3.63) is 0 Å². The van der Waals surface area contributed by atoms with E-state index < -0.39 is 0 Å². The van der Waals surface area contributed by atoms with Crippen molar-refractivity contribution in [2.75, 3.05) is 19.6 Å². The number of hydrogen-bond donors (Lipinski definition) is 0. The molecule has 0 radical (unpaired) electrons. The predicted molar refractivity (Wildman–Crippen MR) is 79.5 cm³/mol. The Morgan fingerprint density at radius 1 is 0.706 bits per heavy atom. The van der Waals surface area contributed by atoms with Crippen LogP contribution in [0.1, 0.15) is 73.1 Å². The molecule has 0 saturated carbocycles. The van der Waals surface area contributed by atoms with Crippen LogP contribution in [0.3, 0.4) is 0 Å². The van der Waals surface area contributed by atoms with Gasteiger partial charge in [0.25, 0.3) is 0 Å². The summed E-state index contributed by atoms with van der Waals surface area (Å²) in [7, 11) is 0. The lowest BCUT2D eigenvalue weighted by molar-refractivity contribution is 0.244. The number of nitrogens with zero attached hydrogens (tertiary/aromatic N) is 1. The molecule has 0 aromatic heterocycles. The van der Waals surface area contributed by atoms with E-state index >= 15 is 0 Å². The molecular weight excluding hydrogens is 206 g/mol. The summed E-state index contributed by atoms with van der Waals surface area (Å²) in [6.45, 7) is 15.6. The Balaban J connectivity index is 3.74. The quantitative estimate of drug-likeness (QED) is 0.494. The summed E-state index contributed by atoms with van der Waals surface area (Å²) in [5, 5.41) is 0.